The molecule has 6 rings (SSSR count). The number of hydrogen-bond donors (Lipinski definition) is 11. The molecule has 4 aliphatic rings. The molecule has 2 aromatic rings. The van der Waals surface area contributed by atoms with Crippen molar-refractivity contribution in [1.82, 2.24) is 5.32 Å². The Kier molecular flexibility index (Phi) is 15.4. The number of hydrogen-bond acceptors (Lipinski definition) is 21. The number of carbonyl (C=O) groups is 6. The lowest BCUT2D eigenvalue weighted by Gasteiger charge is -2.42. The molecule has 1 unspecified atom stereocenters. The van der Waals surface area contributed by atoms with Crippen molar-refractivity contribution < 1.29 is 118 Å². The number of aliphatic hydroxyl groups is 4. The van der Waals surface area contributed by atoms with Gasteiger partial charge in [0.2, 0.25) is 6.29 Å². The second-order valence-corrected chi connectivity index (χ2v) is 15.8. The van der Waals surface area contributed by atoms with E-state index in [1.54, 1.807) is 0 Å². The van der Waals surface area contributed by atoms with Gasteiger partial charge in [-0.05, 0) is 47.6 Å². The zero-order valence-corrected chi connectivity index (χ0v) is 35.1. The summed E-state index contributed by atoms with van der Waals surface area (Å²) in [4.78, 5) is 71.5. The molecule has 67 heavy (non-hydrogen) atoms. The van der Waals surface area contributed by atoms with Crippen LogP contribution in [0.2, 0.25) is 0 Å². The number of aromatic hydroxyl groups is 2. The standard InChI is InChI=1S/C42H46N2O23/c1-61-27-10-18(2-4-25(27)45)3-5-31(49)63-16-42(60)17-64-41(36(42)53)67-35-34(52)33(51)29(15-62-32(50)14-30(47)48)66-40(35)65-28-12-20-11-24(39(58)59)44(23(20)13-26(28)46)7-6-19-8-21(37(54)55)43-22(9-19)38(56)57/h2-6,8,10,12-13,22,24,29,33-36,40-41,43,45-46,51-53,60H,7,9,11,14-17H2,1H3,(H,47,48)(H,54,55)(H,56,57)(H,58,59)/t22-,24-,29+,33+,34-,35+,36-,40+,41-,42+/m0/s1. The first kappa shape index (κ1) is 49.6. The number of esters is 2. The number of methoxy groups -OCH3 is 1. The van der Waals surface area contributed by atoms with Gasteiger partial charge >= 0.3 is 29.8 Å². The molecule has 0 radical (unpaired) electrons. The number of aliphatic hydroxyl groups excluding tert-OH is 3. The summed E-state index contributed by atoms with van der Waals surface area (Å²) in [6.45, 7) is -2.55. The summed E-state index contributed by atoms with van der Waals surface area (Å²) >= 11 is 0. The Balaban J connectivity index is 1.21. The molecule has 4 aliphatic heterocycles. The highest BCUT2D eigenvalue weighted by Gasteiger charge is 2.54. The fourth-order valence-corrected chi connectivity index (χ4v) is 7.61. The topological polar surface area (TPSA) is 389 Å². The molecule has 11 N–H and O–H groups in total. The zero-order valence-electron chi connectivity index (χ0n) is 35.1. The maximum atomic E-state index is 12.5. The number of carboxylic acids is 4. The van der Waals surface area contributed by atoms with E-state index in [1.807, 2.05) is 0 Å². The average molecular weight is 947 g/mol. The van der Waals surface area contributed by atoms with Gasteiger partial charge in [-0.15, -0.1) is 0 Å². The van der Waals surface area contributed by atoms with Crippen molar-refractivity contribution in [1.29, 1.82) is 0 Å². The van der Waals surface area contributed by atoms with Crippen molar-refractivity contribution in [2.75, 3.05) is 33.5 Å². The molecular weight excluding hydrogens is 900 g/mol. The minimum atomic E-state index is -2.31. The van der Waals surface area contributed by atoms with Crippen molar-refractivity contribution in [3.63, 3.8) is 0 Å². The molecule has 0 amide bonds. The quantitative estimate of drug-likeness (QED) is 0.0382. The number of allylic oxidation sites excluding steroid dienone is 1. The summed E-state index contributed by atoms with van der Waals surface area (Å²) < 4.78 is 38.1. The van der Waals surface area contributed by atoms with E-state index in [1.165, 1.54) is 49.6 Å². The van der Waals surface area contributed by atoms with Gasteiger partial charge < -0.3 is 94.3 Å². The summed E-state index contributed by atoms with van der Waals surface area (Å²) in [6.07, 6.45) is -9.84. The number of benzene rings is 2. The van der Waals surface area contributed by atoms with Crippen molar-refractivity contribution in [3.8, 4) is 23.0 Å². The van der Waals surface area contributed by atoms with E-state index in [0.717, 1.165) is 12.1 Å². The number of rotatable bonds is 18. The Hall–Kier alpha value is -6.84. The van der Waals surface area contributed by atoms with E-state index in [9.17, 15) is 74.7 Å². The molecule has 362 valence electrons. The van der Waals surface area contributed by atoms with Crippen molar-refractivity contribution >= 4 is 47.6 Å². The molecule has 25 nitrogen and oxygen atoms in total. The lowest BCUT2D eigenvalue weighted by Crippen LogP contribution is -3.11. The van der Waals surface area contributed by atoms with Crippen molar-refractivity contribution in [2.24, 2.45) is 0 Å². The predicted molar refractivity (Wildman–Crippen MR) is 214 cm³/mol. The van der Waals surface area contributed by atoms with Crippen LogP contribution in [0, 0.1) is 0 Å². The van der Waals surface area contributed by atoms with Gasteiger partial charge in [-0.2, -0.15) is 0 Å². The first-order valence-electron chi connectivity index (χ1n) is 20.2. The van der Waals surface area contributed by atoms with Crippen molar-refractivity contribution in [2.45, 2.75) is 80.0 Å². The molecule has 4 heterocycles. The van der Waals surface area contributed by atoms with Gasteiger partial charge in [-0.3, -0.25) is 14.5 Å². The van der Waals surface area contributed by atoms with Crippen LogP contribution in [-0.4, -0.2) is 176 Å². The smallest absolute Gasteiger partial charge is 0.351 e. The summed E-state index contributed by atoms with van der Waals surface area (Å²) in [5, 5.41) is 109. The van der Waals surface area contributed by atoms with Crippen LogP contribution in [0.3, 0.4) is 0 Å². The number of carboxylic acid groups (broad SMARTS) is 4. The summed E-state index contributed by atoms with van der Waals surface area (Å²) in [5.74, 6) is -9.09. The molecule has 2 saturated heterocycles. The molecule has 2 fully saturated rings. The molecule has 0 bridgehead atoms. The molecular formula is C42H46N2O23. The van der Waals surface area contributed by atoms with E-state index in [-0.39, 0.29) is 52.6 Å². The van der Waals surface area contributed by atoms with E-state index in [2.05, 4.69) is 5.32 Å². The second-order valence-electron chi connectivity index (χ2n) is 15.8. The lowest BCUT2D eigenvalue weighted by molar-refractivity contribution is -0.840. The largest absolute Gasteiger partial charge is 0.544 e. The van der Waals surface area contributed by atoms with Crippen LogP contribution in [0.5, 0.6) is 23.0 Å². The molecule has 0 aliphatic carbocycles. The third-order valence-electron chi connectivity index (χ3n) is 11.1. The van der Waals surface area contributed by atoms with Crippen LogP contribution in [0.4, 0.5) is 5.69 Å². The third kappa shape index (κ3) is 11.6. The minimum Gasteiger partial charge on any atom is -0.544 e. The number of ether oxygens (including phenoxy) is 7. The number of fused-ring (bicyclic) bond motifs is 1. The SMILES string of the molecule is COc1cc(C=CC(=O)OC[C@@]2(O)CO[C@@H](O[C@H]3[C@H](Oc4cc5c(cc4O)[NH+](CC=C4C=C(C(=O)O)N[C@H](C(=O)O)C4)[C@H](C(=O)[O-])C5)O[C@H](COC(=O)CC(=O)O)[C@@H](O)[C@@H]3O)[C@@H]2O)ccc1O. The Morgan fingerprint density at radius 3 is 2.37 bits per heavy atom. The van der Waals surface area contributed by atoms with Gasteiger partial charge in [0.1, 0.15) is 80.0 Å². The second kappa shape index (κ2) is 20.8. The molecule has 25 heteroatoms. The Morgan fingerprint density at radius 2 is 1.70 bits per heavy atom. The third-order valence-corrected chi connectivity index (χ3v) is 11.1. The van der Waals surface area contributed by atoms with Crippen LogP contribution in [0.25, 0.3) is 6.08 Å². The molecule has 0 aromatic heterocycles. The maximum Gasteiger partial charge on any atom is 0.351 e. The lowest BCUT2D eigenvalue weighted by atomic mass is 9.98. The summed E-state index contributed by atoms with van der Waals surface area (Å²) in [7, 11) is 1.33. The Bertz CT molecular complexity index is 2350. The molecule has 11 atom stereocenters. The highest BCUT2D eigenvalue weighted by Crippen LogP contribution is 2.38. The Morgan fingerprint density at radius 1 is 0.955 bits per heavy atom. The van der Waals surface area contributed by atoms with Crippen LogP contribution >= 0.6 is 0 Å². The van der Waals surface area contributed by atoms with Crippen molar-refractivity contribution in [3.05, 3.63) is 71.0 Å². The minimum absolute atomic E-state index is 0.130. The predicted octanol–water partition coefficient (Wildman–Crippen LogP) is -4.43. The Labute approximate surface area is 377 Å². The van der Waals surface area contributed by atoms with Gasteiger partial charge in [-0.1, -0.05) is 6.07 Å². The average Bonchev–Trinajstić information content (AvgIpc) is 3.78. The first-order valence-corrected chi connectivity index (χ1v) is 20.2. The van der Waals surface area contributed by atoms with E-state index in [4.69, 9.17) is 38.3 Å². The number of quaternary nitrogens is 1. The summed E-state index contributed by atoms with van der Waals surface area (Å²) in [6, 6.07) is 4.01. The number of phenols is 2. The maximum absolute atomic E-state index is 12.5. The molecule has 0 spiro atoms. The fraction of sp³-hybridized carbons (Fsp3) is 0.429. The fourth-order valence-electron chi connectivity index (χ4n) is 7.61. The highest BCUT2D eigenvalue weighted by molar-refractivity contribution is 5.90. The highest BCUT2D eigenvalue weighted by atomic mass is 16.8. The first-order chi connectivity index (χ1) is 31.7. The van der Waals surface area contributed by atoms with Crippen LogP contribution in [0.15, 0.2) is 59.8 Å². The van der Waals surface area contributed by atoms with Gasteiger partial charge in [0.05, 0.1) is 13.7 Å². The van der Waals surface area contributed by atoms with Crippen LogP contribution in [-0.2, 0) is 58.9 Å². The van der Waals surface area contributed by atoms with Gasteiger partial charge in [0, 0.05) is 30.5 Å². The van der Waals surface area contributed by atoms with E-state index >= 15 is 0 Å². The molecule has 2 aromatic carbocycles. The van der Waals surface area contributed by atoms with Crippen LogP contribution < -0.4 is 24.8 Å². The van der Waals surface area contributed by atoms with Gasteiger partial charge in [0.25, 0.3) is 0 Å². The van der Waals surface area contributed by atoms with E-state index in [0.29, 0.717) is 5.56 Å². The normalized spacial score (nSPS) is 29.6. The number of nitrogens with one attached hydrogen (secondary N) is 2. The monoisotopic (exact) mass is 946 g/mol. The van der Waals surface area contributed by atoms with E-state index < -0.39 is 140 Å². The van der Waals surface area contributed by atoms with Gasteiger partial charge in [0.15, 0.2) is 41.0 Å². The van der Waals surface area contributed by atoms with Crippen LogP contribution in [0.1, 0.15) is 24.0 Å². The number of phenolic OH excluding ortho intramolecular Hbond substituents is 2. The number of carbonyl (C=O) groups excluding carboxylic acids is 3. The summed E-state index contributed by atoms with van der Waals surface area (Å²) in [5.41, 5.74) is -1.52. The molecule has 0 saturated carbocycles. The van der Waals surface area contributed by atoms with Gasteiger partial charge in [-0.25, -0.2) is 14.4 Å². The zero-order chi connectivity index (χ0) is 48.9. The number of aliphatic carboxylic acids is 4.